The quantitative estimate of drug-likeness (QED) is 0.627. The Hall–Kier alpha value is -1.46. The molecular weight excluding hydrogens is 352 g/mol. The van der Waals surface area contributed by atoms with E-state index in [4.69, 9.17) is 9.47 Å². The highest BCUT2D eigenvalue weighted by atomic mass is 35.5. The lowest BCUT2D eigenvalue weighted by molar-refractivity contribution is -0.116. The molecule has 0 unspecified atom stereocenters. The molecule has 0 spiro atoms. The van der Waals surface area contributed by atoms with Crippen LogP contribution in [0.5, 0.6) is 11.5 Å². The molecule has 0 saturated carbocycles. The van der Waals surface area contributed by atoms with Crippen LogP contribution in [0.25, 0.3) is 0 Å². The molecule has 26 heavy (non-hydrogen) atoms. The molecule has 1 aliphatic heterocycles. The van der Waals surface area contributed by atoms with Gasteiger partial charge in [0.1, 0.15) is 0 Å². The van der Waals surface area contributed by atoms with E-state index in [1.807, 2.05) is 18.2 Å². The van der Waals surface area contributed by atoms with E-state index in [-0.39, 0.29) is 18.3 Å². The van der Waals surface area contributed by atoms with Gasteiger partial charge in [-0.1, -0.05) is 13.8 Å². The molecule has 1 fully saturated rings. The molecule has 1 saturated heterocycles. The van der Waals surface area contributed by atoms with Gasteiger partial charge in [0.15, 0.2) is 11.5 Å². The number of hydrogen-bond acceptors (Lipinski definition) is 4. The molecule has 6 heteroatoms. The number of nitrogens with one attached hydrogen (secondary N) is 2. The molecule has 1 aromatic carbocycles. The van der Waals surface area contributed by atoms with Crippen molar-refractivity contribution in [1.29, 1.82) is 0 Å². The minimum Gasteiger partial charge on any atom is -0.490 e. The molecule has 5 nitrogen and oxygen atoms in total. The van der Waals surface area contributed by atoms with Gasteiger partial charge in [-0.2, -0.15) is 0 Å². The van der Waals surface area contributed by atoms with Crippen molar-refractivity contribution in [3.63, 3.8) is 0 Å². The van der Waals surface area contributed by atoms with E-state index in [0.717, 1.165) is 43.8 Å². The summed E-state index contributed by atoms with van der Waals surface area (Å²) >= 11 is 0. The summed E-state index contributed by atoms with van der Waals surface area (Å²) in [6.07, 6.45) is 5.76. The summed E-state index contributed by atoms with van der Waals surface area (Å²) < 4.78 is 11.5. The lowest BCUT2D eigenvalue weighted by Gasteiger charge is -2.22. The molecule has 0 bridgehead atoms. The zero-order valence-corrected chi connectivity index (χ0v) is 16.8. The summed E-state index contributed by atoms with van der Waals surface area (Å²) in [5.41, 5.74) is 0.769. The van der Waals surface area contributed by atoms with Gasteiger partial charge in [0.05, 0.1) is 13.2 Å². The van der Waals surface area contributed by atoms with Gasteiger partial charge in [-0.05, 0) is 63.2 Å². The third-order valence-electron chi connectivity index (χ3n) is 4.39. The molecule has 1 amide bonds. The van der Waals surface area contributed by atoms with Gasteiger partial charge >= 0.3 is 0 Å². The summed E-state index contributed by atoms with van der Waals surface area (Å²) in [6.45, 7) is 7.58. The summed E-state index contributed by atoms with van der Waals surface area (Å²) in [4.78, 5) is 12.2. The van der Waals surface area contributed by atoms with Crippen LogP contribution in [0.4, 0.5) is 5.69 Å². The largest absolute Gasteiger partial charge is 0.490 e. The molecule has 0 radical (unpaired) electrons. The molecule has 2 rings (SSSR count). The van der Waals surface area contributed by atoms with Gasteiger partial charge in [0.2, 0.25) is 5.91 Å². The molecule has 1 aliphatic rings. The summed E-state index contributed by atoms with van der Waals surface area (Å²) in [7, 11) is 0. The fraction of sp³-hybridized carbons (Fsp3) is 0.650. The van der Waals surface area contributed by atoms with E-state index in [1.54, 1.807) is 0 Å². The summed E-state index contributed by atoms with van der Waals surface area (Å²) in [6, 6.07) is 5.62. The van der Waals surface area contributed by atoms with Crippen LogP contribution < -0.4 is 20.1 Å². The number of halogens is 1. The minimum atomic E-state index is 0. The number of piperidine rings is 1. The lowest BCUT2D eigenvalue weighted by atomic mass is 9.93. The first-order chi connectivity index (χ1) is 12.2. The maximum Gasteiger partial charge on any atom is 0.224 e. The molecule has 1 heterocycles. The second-order valence-corrected chi connectivity index (χ2v) is 6.64. The van der Waals surface area contributed by atoms with Crippen LogP contribution >= 0.6 is 12.4 Å². The third-order valence-corrected chi connectivity index (χ3v) is 4.39. The number of amides is 1. The van der Waals surface area contributed by atoms with Crippen molar-refractivity contribution in [2.24, 2.45) is 5.92 Å². The SMILES string of the molecule is CCCOc1ccc(NC(=O)CCC2CCNCC2)cc1OCCC.Cl. The van der Waals surface area contributed by atoms with E-state index >= 15 is 0 Å². The maximum atomic E-state index is 12.2. The van der Waals surface area contributed by atoms with Gasteiger partial charge in [-0.15, -0.1) is 12.4 Å². The van der Waals surface area contributed by atoms with Crippen LogP contribution in [0.3, 0.4) is 0 Å². The van der Waals surface area contributed by atoms with Gasteiger partial charge in [-0.3, -0.25) is 4.79 Å². The van der Waals surface area contributed by atoms with E-state index in [1.165, 1.54) is 12.8 Å². The molecule has 0 atom stereocenters. The Morgan fingerprint density at radius 1 is 1.12 bits per heavy atom. The lowest BCUT2D eigenvalue weighted by Crippen LogP contribution is -2.28. The second kappa shape index (κ2) is 12.8. The Morgan fingerprint density at radius 3 is 2.42 bits per heavy atom. The number of carbonyl (C=O) groups excluding carboxylic acids is 1. The van der Waals surface area contributed by atoms with E-state index in [9.17, 15) is 4.79 Å². The Morgan fingerprint density at radius 2 is 1.77 bits per heavy atom. The normalized spacial score (nSPS) is 14.4. The number of ether oxygens (including phenoxy) is 2. The Kier molecular flexibility index (Phi) is 11.1. The summed E-state index contributed by atoms with van der Waals surface area (Å²) in [5.74, 6) is 2.18. The Labute approximate surface area is 163 Å². The van der Waals surface area contributed by atoms with Crippen molar-refractivity contribution in [3.8, 4) is 11.5 Å². The first-order valence-electron chi connectivity index (χ1n) is 9.63. The third kappa shape index (κ3) is 7.83. The zero-order valence-electron chi connectivity index (χ0n) is 16.0. The highest BCUT2D eigenvalue weighted by molar-refractivity contribution is 5.91. The number of hydrogen-bond donors (Lipinski definition) is 2. The van der Waals surface area contributed by atoms with Crippen LogP contribution in [0.15, 0.2) is 18.2 Å². The zero-order chi connectivity index (χ0) is 17.9. The standard InChI is InChI=1S/C20H32N2O3.ClH/c1-3-13-24-18-7-6-17(15-19(18)25-14-4-2)22-20(23)8-5-16-9-11-21-12-10-16;/h6-7,15-16,21H,3-5,8-14H2,1-2H3,(H,22,23);1H. The number of rotatable bonds is 10. The number of carbonyl (C=O) groups is 1. The molecule has 0 aliphatic carbocycles. The highest BCUT2D eigenvalue weighted by Crippen LogP contribution is 2.31. The van der Waals surface area contributed by atoms with Gasteiger partial charge in [-0.25, -0.2) is 0 Å². The van der Waals surface area contributed by atoms with E-state index in [0.29, 0.717) is 31.3 Å². The van der Waals surface area contributed by atoms with Gasteiger partial charge in [0.25, 0.3) is 0 Å². The summed E-state index contributed by atoms with van der Waals surface area (Å²) in [5, 5.41) is 6.35. The van der Waals surface area contributed by atoms with Crippen molar-refractivity contribution in [3.05, 3.63) is 18.2 Å². The van der Waals surface area contributed by atoms with Crippen molar-refractivity contribution >= 4 is 24.0 Å². The Bertz CT molecular complexity index is 534. The molecule has 0 aromatic heterocycles. The van der Waals surface area contributed by atoms with Crippen molar-refractivity contribution in [1.82, 2.24) is 5.32 Å². The smallest absolute Gasteiger partial charge is 0.224 e. The van der Waals surface area contributed by atoms with E-state index in [2.05, 4.69) is 24.5 Å². The fourth-order valence-corrected chi connectivity index (χ4v) is 2.97. The monoisotopic (exact) mass is 384 g/mol. The highest BCUT2D eigenvalue weighted by Gasteiger charge is 2.15. The topological polar surface area (TPSA) is 59.6 Å². The average Bonchev–Trinajstić information content (AvgIpc) is 2.64. The molecular formula is C20H33ClN2O3. The van der Waals surface area contributed by atoms with Crippen LogP contribution in [0.1, 0.15) is 52.4 Å². The Balaban J connectivity index is 0.00000338. The van der Waals surface area contributed by atoms with Crippen molar-refractivity contribution in [2.75, 3.05) is 31.6 Å². The van der Waals surface area contributed by atoms with Crippen LogP contribution in [-0.2, 0) is 4.79 Å². The van der Waals surface area contributed by atoms with Gasteiger partial charge in [0, 0.05) is 18.2 Å². The van der Waals surface area contributed by atoms with Crippen LogP contribution in [0, 0.1) is 5.92 Å². The maximum absolute atomic E-state index is 12.2. The first kappa shape index (κ1) is 22.6. The number of benzene rings is 1. The second-order valence-electron chi connectivity index (χ2n) is 6.64. The average molecular weight is 385 g/mol. The minimum absolute atomic E-state index is 0. The molecule has 2 N–H and O–H groups in total. The first-order valence-corrected chi connectivity index (χ1v) is 9.63. The van der Waals surface area contributed by atoms with Crippen LogP contribution in [0.2, 0.25) is 0 Å². The van der Waals surface area contributed by atoms with Gasteiger partial charge < -0.3 is 20.1 Å². The van der Waals surface area contributed by atoms with Crippen LogP contribution in [-0.4, -0.2) is 32.2 Å². The predicted octanol–water partition coefficient (Wildman–Crippen LogP) is 4.40. The van der Waals surface area contributed by atoms with Crippen molar-refractivity contribution < 1.29 is 14.3 Å². The fourth-order valence-electron chi connectivity index (χ4n) is 2.97. The molecule has 148 valence electrons. The molecule has 1 aromatic rings. The van der Waals surface area contributed by atoms with Crippen molar-refractivity contribution in [2.45, 2.75) is 52.4 Å². The van der Waals surface area contributed by atoms with E-state index < -0.39 is 0 Å². The number of anilines is 1. The predicted molar refractivity (Wildman–Crippen MR) is 109 cm³/mol.